The maximum Gasteiger partial charge on any atom is 0.306 e. The van der Waals surface area contributed by atoms with E-state index >= 15 is 0 Å². The minimum Gasteiger partial charge on any atom is -0.450 e. The van der Waals surface area contributed by atoms with Crippen LogP contribution in [0.4, 0.5) is 0 Å². The van der Waals surface area contributed by atoms with Crippen molar-refractivity contribution in [2.45, 2.75) is 116 Å². The van der Waals surface area contributed by atoms with Gasteiger partial charge < -0.3 is 4.74 Å². The Bertz CT molecular complexity index is 402. The molecule has 3 nitrogen and oxygen atoms in total. The Labute approximate surface area is 165 Å². The Morgan fingerprint density at radius 1 is 0.808 bits per heavy atom. The van der Waals surface area contributed by atoms with Crippen LogP contribution < -0.4 is 0 Å². The van der Waals surface area contributed by atoms with Crippen molar-refractivity contribution in [1.82, 2.24) is 0 Å². The van der Waals surface area contributed by atoms with E-state index in [1.54, 1.807) is 0 Å². The minimum atomic E-state index is -1.22. The van der Waals surface area contributed by atoms with Crippen molar-refractivity contribution < 1.29 is 14.3 Å². The van der Waals surface area contributed by atoms with Crippen LogP contribution >= 0.6 is 11.6 Å². The number of hydrogen-bond acceptors (Lipinski definition) is 3. The van der Waals surface area contributed by atoms with Gasteiger partial charge in [-0.15, -0.1) is 0 Å². The van der Waals surface area contributed by atoms with Gasteiger partial charge in [0.05, 0.1) is 0 Å². The van der Waals surface area contributed by atoms with Crippen LogP contribution in [0.3, 0.4) is 0 Å². The molecule has 0 fully saturated rings. The number of carbonyl (C=O) groups is 2. The highest BCUT2D eigenvalue weighted by Gasteiger charge is 2.29. The van der Waals surface area contributed by atoms with Crippen molar-refractivity contribution in [2.24, 2.45) is 0 Å². The van der Waals surface area contributed by atoms with Crippen molar-refractivity contribution >= 4 is 22.8 Å². The third-order valence-electron chi connectivity index (χ3n) is 4.49. The summed E-state index contributed by atoms with van der Waals surface area (Å²) in [6.07, 6.45) is 20.9. The predicted octanol–water partition coefficient (Wildman–Crippen LogP) is 7.11. The lowest BCUT2D eigenvalue weighted by molar-refractivity contribution is -0.161. The Morgan fingerprint density at radius 2 is 1.27 bits per heavy atom. The Kier molecular flexibility index (Phi) is 15.8. The van der Waals surface area contributed by atoms with Crippen LogP contribution in [-0.4, -0.2) is 16.8 Å². The lowest BCUT2D eigenvalue weighted by Crippen LogP contribution is -2.34. The summed E-state index contributed by atoms with van der Waals surface area (Å²) in [5.74, 6) is -0.346. The van der Waals surface area contributed by atoms with Gasteiger partial charge in [0, 0.05) is 6.42 Å². The minimum absolute atomic E-state index is 0.346. The molecule has 26 heavy (non-hydrogen) atoms. The largest absolute Gasteiger partial charge is 0.450 e. The number of unbranched alkanes of at least 4 members (excludes halogenated alkanes) is 11. The number of allylic oxidation sites excluding steroid dienone is 2. The van der Waals surface area contributed by atoms with E-state index in [9.17, 15) is 9.59 Å². The van der Waals surface area contributed by atoms with Crippen molar-refractivity contribution in [3.8, 4) is 0 Å². The molecule has 0 aliphatic carbocycles. The molecule has 152 valence electrons. The molecule has 0 aliphatic rings. The van der Waals surface area contributed by atoms with E-state index in [0.29, 0.717) is 6.42 Å². The second-order valence-electron chi connectivity index (χ2n) is 7.59. The fourth-order valence-corrected chi connectivity index (χ4v) is 2.75. The van der Waals surface area contributed by atoms with E-state index in [2.05, 4.69) is 19.1 Å². The van der Waals surface area contributed by atoms with Gasteiger partial charge in [0.2, 0.25) is 0 Å². The number of carbonyl (C=O) groups excluding carboxylic acids is 2. The first-order valence-electron chi connectivity index (χ1n) is 10.5. The van der Waals surface area contributed by atoms with Crippen molar-refractivity contribution in [3.63, 3.8) is 0 Å². The van der Waals surface area contributed by atoms with Crippen LogP contribution in [0.25, 0.3) is 0 Å². The van der Waals surface area contributed by atoms with Crippen molar-refractivity contribution in [3.05, 3.63) is 12.2 Å². The first kappa shape index (κ1) is 25.2. The molecular formula is C22H39ClO3. The molecule has 0 aromatic carbocycles. The molecule has 0 atom stereocenters. The van der Waals surface area contributed by atoms with Gasteiger partial charge in [-0.05, 0) is 57.6 Å². The fourth-order valence-electron chi connectivity index (χ4n) is 2.72. The molecule has 0 aromatic heterocycles. The maximum atomic E-state index is 11.7. The molecule has 0 saturated carbocycles. The Balaban J connectivity index is 3.39. The summed E-state index contributed by atoms with van der Waals surface area (Å²) in [7, 11) is 0. The zero-order chi connectivity index (χ0) is 19.7. The standard InChI is InChI=1S/C22H39ClO3/c1-4-5-6-7-8-9-10-11-12-13-14-15-16-17-18-19-20(24)26-22(2,3)21(23)25/h11-12H,4-10,13-19H2,1-3H3/b12-11+. The van der Waals surface area contributed by atoms with Gasteiger partial charge in [-0.1, -0.05) is 70.4 Å². The monoisotopic (exact) mass is 386 g/mol. The molecule has 0 bridgehead atoms. The summed E-state index contributed by atoms with van der Waals surface area (Å²) in [5, 5.41) is -0.643. The van der Waals surface area contributed by atoms with Gasteiger partial charge in [0.15, 0.2) is 5.60 Å². The molecule has 4 heteroatoms. The lowest BCUT2D eigenvalue weighted by atomic mass is 10.1. The van der Waals surface area contributed by atoms with Crippen LogP contribution in [0.1, 0.15) is 111 Å². The second kappa shape index (κ2) is 16.4. The summed E-state index contributed by atoms with van der Waals surface area (Å²) in [6, 6.07) is 0. The highest BCUT2D eigenvalue weighted by atomic mass is 35.5. The molecule has 0 amide bonds. The van der Waals surface area contributed by atoms with E-state index in [0.717, 1.165) is 25.7 Å². The van der Waals surface area contributed by atoms with E-state index in [4.69, 9.17) is 16.3 Å². The molecule has 0 saturated heterocycles. The third kappa shape index (κ3) is 15.4. The summed E-state index contributed by atoms with van der Waals surface area (Å²) in [4.78, 5) is 22.8. The molecule has 0 rings (SSSR count). The summed E-state index contributed by atoms with van der Waals surface area (Å²) in [5.41, 5.74) is -1.22. The molecule has 0 N–H and O–H groups in total. The van der Waals surface area contributed by atoms with Gasteiger partial charge >= 0.3 is 5.97 Å². The lowest BCUT2D eigenvalue weighted by Gasteiger charge is -2.20. The Hall–Kier alpha value is -0.830. The average Bonchev–Trinajstić information content (AvgIpc) is 2.57. The Morgan fingerprint density at radius 3 is 1.77 bits per heavy atom. The molecule has 0 aromatic rings. The highest BCUT2D eigenvalue weighted by molar-refractivity contribution is 6.65. The summed E-state index contributed by atoms with van der Waals surface area (Å²) < 4.78 is 5.09. The normalized spacial score (nSPS) is 11.8. The zero-order valence-corrected chi connectivity index (χ0v) is 17.9. The highest BCUT2D eigenvalue weighted by Crippen LogP contribution is 2.16. The fraction of sp³-hybridized carbons (Fsp3) is 0.818. The van der Waals surface area contributed by atoms with E-state index in [-0.39, 0.29) is 5.97 Å². The van der Waals surface area contributed by atoms with Crippen LogP contribution in [0, 0.1) is 0 Å². The molecule has 0 radical (unpaired) electrons. The maximum absolute atomic E-state index is 11.7. The summed E-state index contributed by atoms with van der Waals surface area (Å²) in [6.45, 7) is 5.28. The quantitative estimate of drug-likeness (QED) is 0.116. The number of halogens is 1. The van der Waals surface area contributed by atoms with Gasteiger partial charge in [-0.2, -0.15) is 0 Å². The number of rotatable bonds is 17. The molecule has 0 aliphatic heterocycles. The van der Waals surface area contributed by atoms with E-state index in [1.165, 1.54) is 71.6 Å². The zero-order valence-electron chi connectivity index (χ0n) is 17.2. The van der Waals surface area contributed by atoms with Crippen molar-refractivity contribution in [2.75, 3.05) is 0 Å². The predicted molar refractivity (Wildman–Crippen MR) is 110 cm³/mol. The average molecular weight is 387 g/mol. The van der Waals surface area contributed by atoms with Gasteiger partial charge in [0.25, 0.3) is 5.24 Å². The topological polar surface area (TPSA) is 43.4 Å². The number of ether oxygens (including phenoxy) is 1. The van der Waals surface area contributed by atoms with Crippen LogP contribution in [0.2, 0.25) is 0 Å². The SMILES string of the molecule is CCCCCCCC/C=C/CCCCCCCC(=O)OC(C)(C)C(=O)Cl. The molecule has 0 heterocycles. The first-order valence-corrected chi connectivity index (χ1v) is 10.8. The van der Waals surface area contributed by atoms with Gasteiger partial charge in [-0.25, -0.2) is 0 Å². The first-order chi connectivity index (χ1) is 12.4. The summed E-state index contributed by atoms with van der Waals surface area (Å²) >= 11 is 5.39. The number of esters is 1. The number of hydrogen-bond donors (Lipinski definition) is 0. The molecular weight excluding hydrogens is 348 g/mol. The van der Waals surface area contributed by atoms with Crippen LogP contribution in [-0.2, 0) is 14.3 Å². The molecule has 0 spiro atoms. The second-order valence-corrected chi connectivity index (χ2v) is 7.94. The van der Waals surface area contributed by atoms with Crippen LogP contribution in [0.15, 0.2) is 12.2 Å². The van der Waals surface area contributed by atoms with E-state index < -0.39 is 10.8 Å². The van der Waals surface area contributed by atoms with Gasteiger partial charge in [0.1, 0.15) is 0 Å². The smallest absolute Gasteiger partial charge is 0.306 e. The van der Waals surface area contributed by atoms with Crippen molar-refractivity contribution in [1.29, 1.82) is 0 Å². The third-order valence-corrected chi connectivity index (χ3v) is 4.94. The van der Waals surface area contributed by atoms with Crippen LogP contribution in [0.5, 0.6) is 0 Å². The van der Waals surface area contributed by atoms with E-state index in [1.807, 2.05) is 0 Å². The molecule has 0 unspecified atom stereocenters. The van der Waals surface area contributed by atoms with Gasteiger partial charge in [-0.3, -0.25) is 9.59 Å².